The van der Waals surface area contributed by atoms with Crippen LogP contribution in [0.25, 0.3) is 10.1 Å². The van der Waals surface area contributed by atoms with E-state index >= 15 is 0 Å². The van der Waals surface area contributed by atoms with Crippen molar-refractivity contribution in [3.63, 3.8) is 0 Å². The molecule has 0 saturated carbocycles. The van der Waals surface area contributed by atoms with E-state index in [1.54, 1.807) is 0 Å². The summed E-state index contributed by atoms with van der Waals surface area (Å²) in [7, 11) is 0. The molecule has 0 aliphatic heterocycles. The fourth-order valence-electron chi connectivity index (χ4n) is 1.43. The summed E-state index contributed by atoms with van der Waals surface area (Å²) in [6.45, 7) is 3.78. The Hall–Kier alpha value is -0.860. The molecule has 0 fully saturated rings. The van der Waals surface area contributed by atoms with Crippen LogP contribution in [0.1, 0.15) is 23.5 Å². The third kappa shape index (κ3) is 1.80. The Balaban J connectivity index is 2.63. The van der Waals surface area contributed by atoms with Crippen LogP contribution in [-0.4, -0.2) is 5.78 Å². The monoisotopic (exact) mass is 238 g/mol. The topological polar surface area (TPSA) is 17.1 Å². The molecule has 2 aromatic rings. The summed E-state index contributed by atoms with van der Waals surface area (Å²) in [6.07, 6.45) is 0. The number of hydrogen-bond acceptors (Lipinski definition) is 2. The first-order chi connectivity index (χ1) is 7.11. The molecule has 3 heteroatoms. The van der Waals surface area contributed by atoms with Gasteiger partial charge in [-0.3, -0.25) is 4.79 Å². The molecule has 0 saturated heterocycles. The molecule has 0 aliphatic carbocycles. The van der Waals surface area contributed by atoms with Crippen LogP contribution >= 0.6 is 22.9 Å². The predicted octanol–water partition coefficient (Wildman–Crippen LogP) is 4.39. The lowest BCUT2D eigenvalue weighted by Gasteiger charge is -2.00. The first-order valence-electron chi connectivity index (χ1n) is 4.82. The zero-order valence-electron chi connectivity index (χ0n) is 8.58. The maximum atomic E-state index is 11.9. The molecule has 2 rings (SSSR count). The van der Waals surface area contributed by atoms with Gasteiger partial charge in [0.2, 0.25) is 0 Å². The van der Waals surface area contributed by atoms with E-state index in [1.165, 1.54) is 11.3 Å². The maximum absolute atomic E-state index is 11.9. The van der Waals surface area contributed by atoms with Crippen LogP contribution in [0, 0.1) is 5.92 Å². The van der Waals surface area contributed by atoms with Gasteiger partial charge in [-0.15, -0.1) is 11.3 Å². The molecule has 78 valence electrons. The number of rotatable bonds is 2. The minimum Gasteiger partial charge on any atom is -0.293 e. The Morgan fingerprint density at radius 3 is 2.60 bits per heavy atom. The van der Waals surface area contributed by atoms with E-state index in [0.717, 1.165) is 10.1 Å². The van der Waals surface area contributed by atoms with Crippen LogP contribution in [0.2, 0.25) is 5.02 Å². The van der Waals surface area contributed by atoms with Gasteiger partial charge in [-0.25, -0.2) is 0 Å². The van der Waals surface area contributed by atoms with Gasteiger partial charge in [0.15, 0.2) is 5.78 Å². The first kappa shape index (κ1) is 10.7. The van der Waals surface area contributed by atoms with Crippen molar-refractivity contribution in [2.75, 3.05) is 0 Å². The van der Waals surface area contributed by atoms with Gasteiger partial charge in [0.05, 0.1) is 9.90 Å². The first-order valence-corrected chi connectivity index (χ1v) is 6.02. The molecule has 1 heterocycles. The molecule has 1 nitrogen and oxygen atoms in total. The number of hydrogen-bond donors (Lipinski definition) is 0. The highest BCUT2D eigenvalue weighted by atomic mass is 35.5. The van der Waals surface area contributed by atoms with Crippen LogP contribution in [0.3, 0.4) is 0 Å². The van der Waals surface area contributed by atoms with E-state index in [4.69, 9.17) is 11.6 Å². The number of carbonyl (C=O) groups excluding carboxylic acids is 1. The number of thiophene rings is 1. The zero-order chi connectivity index (χ0) is 11.0. The SMILES string of the molecule is CC(C)C(=O)c1sc2ccccc2c1Cl. The van der Waals surface area contributed by atoms with Crippen molar-refractivity contribution in [1.82, 2.24) is 0 Å². The van der Waals surface area contributed by atoms with Crippen molar-refractivity contribution < 1.29 is 4.79 Å². The number of halogens is 1. The van der Waals surface area contributed by atoms with E-state index in [0.29, 0.717) is 9.90 Å². The van der Waals surface area contributed by atoms with Crippen LogP contribution in [0.4, 0.5) is 0 Å². The standard InChI is InChI=1S/C12H11ClOS/c1-7(2)11(14)12-10(13)8-5-3-4-6-9(8)15-12/h3-7H,1-2H3. The van der Waals surface area contributed by atoms with Crippen molar-refractivity contribution in [3.05, 3.63) is 34.2 Å². The van der Waals surface area contributed by atoms with E-state index < -0.39 is 0 Å². The van der Waals surface area contributed by atoms with Crippen molar-refractivity contribution in [1.29, 1.82) is 0 Å². The third-order valence-corrected chi connectivity index (χ3v) is 3.97. The number of Topliss-reactive ketones (excluding diaryl/α,β-unsaturated/α-hetero) is 1. The maximum Gasteiger partial charge on any atom is 0.176 e. The summed E-state index contributed by atoms with van der Waals surface area (Å²) in [4.78, 5) is 12.5. The number of fused-ring (bicyclic) bond motifs is 1. The second kappa shape index (κ2) is 3.95. The number of ketones is 1. The van der Waals surface area contributed by atoms with E-state index in [1.807, 2.05) is 38.1 Å². The van der Waals surface area contributed by atoms with Crippen molar-refractivity contribution in [2.24, 2.45) is 5.92 Å². The van der Waals surface area contributed by atoms with Gasteiger partial charge >= 0.3 is 0 Å². The normalized spacial score (nSPS) is 11.2. The minimum absolute atomic E-state index is 0.00411. The lowest BCUT2D eigenvalue weighted by Crippen LogP contribution is -2.05. The highest BCUT2D eigenvalue weighted by Crippen LogP contribution is 2.36. The van der Waals surface area contributed by atoms with Gasteiger partial charge in [0, 0.05) is 16.0 Å². The Kier molecular flexibility index (Phi) is 2.81. The second-order valence-electron chi connectivity index (χ2n) is 3.76. The lowest BCUT2D eigenvalue weighted by molar-refractivity contribution is 0.0943. The van der Waals surface area contributed by atoms with Crippen molar-refractivity contribution >= 4 is 38.8 Å². The second-order valence-corrected chi connectivity index (χ2v) is 5.19. The average Bonchev–Trinajstić information content (AvgIpc) is 2.56. The van der Waals surface area contributed by atoms with Gasteiger partial charge in [-0.1, -0.05) is 43.6 Å². The Labute approximate surface area is 97.7 Å². The quantitative estimate of drug-likeness (QED) is 0.709. The van der Waals surface area contributed by atoms with Crippen LogP contribution in [0.15, 0.2) is 24.3 Å². The highest BCUT2D eigenvalue weighted by molar-refractivity contribution is 7.21. The molecule has 1 aromatic heterocycles. The Bertz CT molecular complexity index is 513. The zero-order valence-corrected chi connectivity index (χ0v) is 10.2. The van der Waals surface area contributed by atoms with Gasteiger partial charge in [0.1, 0.15) is 0 Å². The molecule has 0 bridgehead atoms. The lowest BCUT2D eigenvalue weighted by atomic mass is 10.1. The molecule has 0 spiro atoms. The van der Waals surface area contributed by atoms with E-state index in [2.05, 4.69) is 0 Å². The summed E-state index contributed by atoms with van der Waals surface area (Å²) in [5.74, 6) is 0.122. The van der Waals surface area contributed by atoms with Gasteiger partial charge in [0.25, 0.3) is 0 Å². The molecular formula is C12H11ClOS. The minimum atomic E-state index is -0.00411. The fourth-order valence-corrected chi connectivity index (χ4v) is 3.05. The van der Waals surface area contributed by atoms with E-state index in [-0.39, 0.29) is 11.7 Å². The Morgan fingerprint density at radius 1 is 1.33 bits per heavy atom. The summed E-state index contributed by atoms with van der Waals surface area (Å²) in [5.41, 5.74) is 0. The molecule has 0 amide bonds. The molecule has 15 heavy (non-hydrogen) atoms. The molecule has 0 atom stereocenters. The molecule has 1 aromatic carbocycles. The molecular weight excluding hydrogens is 228 g/mol. The van der Waals surface area contributed by atoms with Crippen molar-refractivity contribution in [2.45, 2.75) is 13.8 Å². The summed E-state index contributed by atoms with van der Waals surface area (Å²) in [6, 6.07) is 7.83. The summed E-state index contributed by atoms with van der Waals surface area (Å²) < 4.78 is 1.08. The summed E-state index contributed by atoms with van der Waals surface area (Å²) >= 11 is 7.66. The molecule has 0 aliphatic rings. The van der Waals surface area contributed by atoms with Crippen LogP contribution in [0.5, 0.6) is 0 Å². The van der Waals surface area contributed by atoms with Crippen LogP contribution < -0.4 is 0 Å². The smallest absolute Gasteiger partial charge is 0.176 e. The van der Waals surface area contributed by atoms with Gasteiger partial charge in [-0.05, 0) is 6.07 Å². The van der Waals surface area contributed by atoms with E-state index in [9.17, 15) is 4.79 Å². The molecule has 0 N–H and O–H groups in total. The average molecular weight is 239 g/mol. The molecule has 0 unspecified atom stereocenters. The van der Waals surface area contributed by atoms with Crippen molar-refractivity contribution in [3.8, 4) is 0 Å². The number of benzene rings is 1. The van der Waals surface area contributed by atoms with Gasteiger partial charge in [-0.2, -0.15) is 0 Å². The number of carbonyl (C=O) groups is 1. The third-order valence-electron chi connectivity index (χ3n) is 2.28. The highest BCUT2D eigenvalue weighted by Gasteiger charge is 2.18. The summed E-state index contributed by atoms with van der Waals surface area (Å²) in [5, 5.41) is 1.59. The van der Waals surface area contributed by atoms with Crippen LogP contribution in [-0.2, 0) is 0 Å². The largest absolute Gasteiger partial charge is 0.293 e. The Morgan fingerprint density at radius 2 is 2.00 bits per heavy atom. The predicted molar refractivity (Wildman–Crippen MR) is 66.0 cm³/mol. The molecule has 0 radical (unpaired) electrons. The fraction of sp³-hybridized carbons (Fsp3) is 0.250. The van der Waals surface area contributed by atoms with Gasteiger partial charge < -0.3 is 0 Å².